The summed E-state index contributed by atoms with van der Waals surface area (Å²) in [6.45, 7) is 0. The molecule has 5 nitrogen and oxygen atoms in total. The zero-order valence-corrected chi connectivity index (χ0v) is 9.92. The highest BCUT2D eigenvalue weighted by atomic mass is 16.3. The lowest BCUT2D eigenvalue weighted by Gasteiger charge is -2.07. The van der Waals surface area contributed by atoms with Crippen molar-refractivity contribution in [3.8, 4) is 5.75 Å². The summed E-state index contributed by atoms with van der Waals surface area (Å²) < 4.78 is 0. The van der Waals surface area contributed by atoms with E-state index >= 15 is 0 Å². The monoisotopic (exact) mass is 253 g/mol. The third kappa shape index (κ3) is 2.01. The van der Waals surface area contributed by atoms with Crippen LogP contribution in [0, 0.1) is 0 Å². The molecule has 0 saturated heterocycles. The van der Waals surface area contributed by atoms with Gasteiger partial charge in [-0.15, -0.1) is 0 Å². The van der Waals surface area contributed by atoms with Gasteiger partial charge in [0.2, 0.25) is 0 Å². The molecule has 5 heteroatoms. The maximum Gasteiger partial charge on any atom is 0.259 e. The Labute approximate surface area is 108 Å². The van der Waals surface area contributed by atoms with Crippen LogP contribution < -0.4 is 5.32 Å². The number of hydrogen-bond acceptors (Lipinski definition) is 3. The first-order chi connectivity index (χ1) is 9.25. The van der Waals surface area contributed by atoms with Crippen LogP contribution in [0.25, 0.3) is 10.8 Å². The predicted octanol–water partition coefficient (Wildman–Crippen LogP) is 2.52. The Morgan fingerprint density at radius 2 is 2.05 bits per heavy atom. The van der Waals surface area contributed by atoms with Gasteiger partial charge in [-0.2, -0.15) is 5.10 Å². The summed E-state index contributed by atoms with van der Waals surface area (Å²) >= 11 is 0. The van der Waals surface area contributed by atoms with E-state index in [2.05, 4.69) is 15.5 Å². The molecule has 0 spiro atoms. The first-order valence-electron chi connectivity index (χ1n) is 5.76. The number of phenolic OH excluding ortho intramolecular Hbond substituents is 1. The molecule has 2 aromatic carbocycles. The first-order valence-corrected chi connectivity index (χ1v) is 5.76. The quantitative estimate of drug-likeness (QED) is 0.656. The van der Waals surface area contributed by atoms with Crippen molar-refractivity contribution in [3.05, 3.63) is 54.4 Å². The lowest BCUT2D eigenvalue weighted by molar-refractivity contribution is 0.102. The number of hydrogen-bond donors (Lipinski definition) is 3. The van der Waals surface area contributed by atoms with Crippen LogP contribution in [0.4, 0.5) is 5.69 Å². The second kappa shape index (κ2) is 4.45. The molecule has 1 heterocycles. The average molecular weight is 253 g/mol. The number of aromatic nitrogens is 2. The van der Waals surface area contributed by atoms with E-state index in [1.54, 1.807) is 24.4 Å². The van der Waals surface area contributed by atoms with Crippen molar-refractivity contribution in [2.75, 3.05) is 5.32 Å². The van der Waals surface area contributed by atoms with Gasteiger partial charge in [-0.1, -0.05) is 30.3 Å². The predicted molar refractivity (Wildman–Crippen MR) is 72.2 cm³/mol. The van der Waals surface area contributed by atoms with E-state index in [1.165, 1.54) is 6.20 Å². The zero-order valence-electron chi connectivity index (χ0n) is 9.92. The minimum atomic E-state index is -0.371. The molecule has 94 valence electrons. The Kier molecular flexibility index (Phi) is 2.64. The summed E-state index contributed by atoms with van der Waals surface area (Å²) in [6, 6.07) is 10.8. The van der Waals surface area contributed by atoms with Crippen LogP contribution in [0.1, 0.15) is 10.4 Å². The molecule has 1 aromatic heterocycles. The minimum absolute atomic E-state index is 0.0147. The summed E-state index contributed by atoms with van der Waals surface area (Å²) in [4.78, 5) is 12.1. The van der Waals surface area contributed by atoms with E-state index in [9.17, 15) is 9.90 Å². The number of fused-ring (bicyclic) bond motifs is 1. The van der Waals surface area contributed by atoms with Crippen LogP contribution >= 0.6 is 0 Å². The first kappa shape index (κ1) is 11.3. The summed E-state index contributed by atoms with van der Waals surface area (Å²) in [6.07, 6.45) is 3.06. The molecule has 3 rings (SSSR count). The summed E-state index contributed by atoms with van der Waals surface area (Å²) in [7, 11) is 0. The summed E-state index contributed by atoms with van der Waals surface area (Å²) in [5, 5.41) is 20.7. The molecule has 0 aliphatic rings. The molecule has 0 unspecified atom stereocenters. The molecule has 0 fully saturated rings. The van der Waals surface area contributed by atoms with Crippen LogP contribution in [0.3, 0.4) is 0 Å². The molecule has 0 aliphatic carbocycles. The van der Waals surface area contributed by atoms with Gasteiger partial charge in [0.1, 0.15) is 5.75 Å². The van der Waals surface area contributed by atoms with E-state index in [4.69, 9.17) is 0 Å². The van der Waals surface area contributed by atoms with Gasteiger partial charge in [0, 0.05) is 11.6 Å². The van der Waals surface area contributed by atoms with Crippen LogP contribution in [-0.4, -0.2) is 21.2 Å². The number of carbonyl (C=O) groups is 1. The third-order valence-electron chi connectivity index (χ3n) is 2.90. The van der Waals surface area contributed by atoms with Crippen molar-refractivity contribution in [2.45, 2.75) is 0 Å². The Balaban J connectivity index is 2.01. The molecule has 0 aliphatic heterocycles. The number of anilines is 1. The molecule has 0 atom stereocenters. The molecular formula is C14H11N3O2. The third-order valence-corrected chi connectivity index (χ3v) is 2.90. The van der Waals surface area contributed by atoms with Crippen LogP contribution in [0.5, 0.6) is 5.75 Å². The Hall–Kier alpha value is -2.82. The van der Waals surface area contributed by atoms with Crippen molar-refractivity contribution in [2.24, 2.45) is 0 Å². The molecule has 1 amide bonds. The number of H-pyrrole nitrogens is 1. The molecular weight excluding hydrogens is 242 g/mol. The Morgan fingerprint density at radius 1 is 1.21 bits per heavy atom. The number of aromatic hydroxyl groups is 1. The lowest BCUT2D eigenvalue weighted by atomic mass is 10.0. The van der Waals surface area contributed by atoms with E-state index in [1.807, 2.05) is 18.2 Å². The minimum Gasteiger partial charge on any atom is -0.506 e. The van der Waals surface area contributed by atoms with Gasteiger partial charge in [-0.25, -0.2) is 0 Å². The van der Waals surface area contributed by atoms with Gasteiger partial charge in [0.05, 0.1) is 17.4 Å². The van der Waals surface area contributed by atoms with Gasteiger partial charge >= 0.3 is 0 Å². The van der Waals surface area contributed by atoms with Crippen molar-refractivity contribution in [1.29, 1.82) is 0 Å². The smallest absolute Gasteiger partial charge is 0.259 e. The molecule has 3 N–H and O–H groups in total. The summed E-state index contributed by atoms with van der Waals surface area (Å²) in [5.41, 5.74) is 0.789. The van der Waals surface area contributed by atoms with E-state index in [-0.39, 0.29) is 17.2 Å². The number of amides is 1. The second-order valence-electron chi connectivity index (χ2n) is 4.12. The SMILES string of the molecule is O=C(Nc1cn[nH]c1)c1ccc2ccccc2c1O. The number of phenols is 1. The maximum atomic E-state index is 12.1. The number of benzene rings is 2. The second-order valence-corrected chi connectivity index (χ2v) is 4.12. The van der Waals surface area contributed by atoms with Crippen molar-refractivity contribution in [1.82, 2.24) is 10.2 Å². The van der Waals surface area contributed by atoms with Crippen LogP contribution in [0.2, 0.25) is 0 Å². The normalized spacial score (nSPS) is 10.5. The summed E-state index contributed by atoms with van der Waals surface area (Å²) in [5.74, 6) is -0.385. The number of carbonyl (C=O) groups excluding carboxylic acids is 1. The zero-order chi connectivity index (χ0) is 13.2. The van der Waals surface area contributed by atoms with Crippen molar-refractivity contribution in [3.63, 3.8) is 0 Å². The molecule has 19 heavy (non-hydrogen) atoms. The Bertz CT molecular complexity index is 736. The van der Waals surface area contributed by atoms with E-state index < -0.39 is 0 Å². The van der Waals surface area contributed by atoms with Crippen LogP contribution in [-0.2, 0) is 0 Å². The molecule has 0 saturated carbocycles. The van der Waals surface area contributed by atoms with Gasteiger partial charge in [-0.05, 0) is 11.5 Å². The highest BCUT2D eigenvalue weighted by Crippen LogP contribution is 2.28. The average Bonchev–Trinajstić information content (AvgIpc) is 2.92. The fourth-order valence-electron chi connectivity index (χ4n) is 1.96. The maximum absolute atomic E-state index is 12.1. The highest BCUT2D eigenvalue weighted by Gasteiger charge is 2.13. The standard InChI is InChI=1S/C14H11N3O2/c18-13-11-4-2-1-3-9(11)5-6-12(13)14(19)17-10-7-15-16-8-10/h1-8,18H,(H,15,16)(H,17,19). The number of aromatic amines is 1. The molecule has 0 radical (unpaired) electrons. The Morgan fingerprint density at radius 3 is 2.84 bits per heavy atom. The molecule has 0 bridgehead atoms. The van der Waals surface area contributed by atoms with E-state index in [0.29, 0.717) is 11.1 Å². The van der Waals surface area contributed by atoms with Gasteiger partial charge in [-0.3, -0.25) is 9.89 Å². The number of nitrogens with one attached hydrogen (secondary N) is 2. The molecule has 3 aromatic rings. The van der Waals surface area contributed by atoms with Gasteiger partial charge in [0.25, 0.3) is 5.91 Å². The lowest BCUT2D eigenvalue weighted by Crippen LogP contribution is -2.11. The number of rotatable bonds is 2. The van der Waals surface area contributed by atoms with Crippen molar-refractivity contribution < 1.29 is 9.90 Å². The largest absolute Gasteiger partial charge is 0.506 e. The van der Waals surface area contributed by atoms with E-state index in [0.717, 1.165) is 5.39 Å². The fraction of sp³-hybridized carbons (Fsp3) is 0. The highest BCUT2D eigenvalue weighted by molar-refractivity contribution is 6.09. The van der Waals surface area contributed by atoms with Gasteiger partial charge in [0.15, 0.2) is 0 Å². The van der Waals surface area contributed by atoms with Crippen LogP contribution in [0.15, 0.2) is 48.8 Å². The fourth-order valence-corrected chi connectivity index (χ4v) is 1.96. The van der Waals surface area contributed by atoms with Gasteiger partial charge < -0.3 is 10.4 Å². The van der Waals surface area contributed by atoms with Crippen molar-refractivity contribution >= 4 is 22.4 Å². The topological polar surface area (TPSA) is 78.0 Å². The number of nitrogens with zero attached hydrogens (tertiary/aromatic N) is 1.